The molecule has 4 nitrogen and oxygen atoms in total. The number of carbonyl (C=O) groups is 2. The molecule has 2 amide bonds. The minimum absolute atomic E-state index is 0.209. The molecule has 156 valence electrons. The maximum Gasteiger partial charge on any atom is 0.293 e. The molecule has 1 aliphatic heterocycles. The van der Waals surface area contributed by atoms with Gasteiger partial charge in [0.1, 0.15) is 12.4 Å². The first-order valence-corrected chi connectivity index (χ1v) is 11.4. The lowest BCUT2D eigenvalue weighted by Crippen LogP contribution is -2.27. The maximum atomic E-state index is 12.9. The molecule has 0 N–H and O–H groups in total. The highest BCUT2D eigenvalue weighted by Crippen LogP contribution is 2.35. The zero-order valence-electron chi connectivity index (χ0n) is 16.3. The van der Waals surface area contributed by atoms with Crippen LogP contribution in [0.2, 0.25) is 5.02 Å². The van der Waals surface area contributed by atoms with Gasteiger partial charge >= 0.3 is 0 Å². The van der Waals surface area contributed by atoms with E-state index in [0.29, 0.717) is 22.3 Å². The van der Waals surface area contributed by atoms with Crippen LogP contribution in [0, 0.1) is 0 Å². The van der Waals surface area contributed by atoms with E-state index in [9.17, 15) is 9.59 Å². The van der Waals surface area contributed by atoms with E-state index in [4.69, 9.17) is 16.3 Å². The molecule has 1 saturated heterocycles. The van der Waals surface area contributed by atoms with E-state index >= 15 is 0 Å². The van der Waals surface area contributed by atoms with Crippen molar-refractivity contribution < 1.29 is 14.3 Å². The van der Waals surface area contributed by atoms with Crippen molar-refractivity contribution in [2.45, 2.75) is 13.2 Å². The summed E-state index contributed by atoms with van der Waals surface area (Å²) < 4.78 is 6.98. The summed E-state index contributed by atoms with van der Waals surface area (Å²) in [5, 5.41) is 0.317. The zero-order valence-corrected chi connectivity index (χ0v) is 19.4. The molecule has 0 aromatic heterocycles. The van der Waals surface area contributed by atoms with E-state index in [0.717, 1.165) is 32.9 Å². The Morgan fingerprint density at radius 1 is 0.935 bits per heavy atom. The zero-order chi connectivity index (χ0) is 21.8. The van der Waals surface area contributed by atoms with Gasteiger partial charge in [0, 0.05) is 15.1 Å². The summed E-state index contributed by atoms with van der Waals surface area (Å²) in [7, 11) is 0. The average Bonchev–Trinajstić information content (AvgIpc) is 3.03. The molecule has 0 saturated carbocycles. The summed E-state index contributed by atoms with van der Waals surface area (Å²) in [6, 6.07) is 22.4. The van der Waals surface area contributed by atoms with Crippen LogP contribution in [0.15, 0.2) is 82.2 Å². The first kappa shape index (κ1) is 21.7. The topological polar surface area (TPSA) is 46.6 Å². The number of amides is 2. The van der Waals surface area contributed by atoms with E-state index in [-0.39, 0.29) is 17.7 Å². The van der Waals surface area contributed by atoms with Crippen LogP contribution in [0.1, 0.15) is 16.7 Å². The van der Waals surface area contributed by atoms with Gasteiger partial charge in [-0.3, -0.25) is 14.5 Å². The van der Waals surface area contributed by atoms with Gasteiger partial charge < -0.3 is 4.74 Å². The molecule has 1 aliphatic rings. The molecule has 0 radical (unpaired) electrons. The van der Waals surface area contributed by atoms with Gasteiger partial charge in [0.25, 0.3) is 11.1 Å². The normalized spacial score (nSPS) is 15.0. The largest absolute Gasteiger partial charge is 0.488 e. The molecule has 7 heteroatoms. The number of hydrogen-bond donors (Lipinski definition) is 0. The molecular formula is C24H17BrClNO3S. The Labute approximate surface area is 198 Å². The third-order valence-corrected chi connectivity index (χ3v) is 6.33. The van der Waals surface area contributed by atoms with Crippen LogP contribution < -0.4 is 4.74 Å². The highest BCUT2D eigenvalue weighted by molar-refractivity contribution is 9.10. The van der Waals surface area contributed by atoms with Crippen LogP contribution in [-0.2, 0) is 17.9 Å². The smallest absolute Gasteiger partial charge is 0.293 e. The summed E-state index contributed by atoms with van der Waals surface area (Å²) in [5.74, 6) is 0.336. The lowest BCUT2D eigenvalue weighted by molar-refractivity contribution is -0.123. The van der Waals surface area contributed by atoms with E-state index in [1.165, 1.54) is 4.90 Å². The first-order valence-electron chi connectivity index (χ1n) is 9.46. The van der Waals surface area contributed by atoms with Gasteiger partial charge in [-0.25, -0.2) is 0 Å². The Bertz CT molecular complexity index is 1150. The number of ether oxygens (including phenoxy) is 1. The fraction of sp³-hybridized carbons (Fsp3) is 0.0833. The van der Waals surface area contributed by atoms with Crippen LogP contribution in [-0.4, -0.2) is 16.0 Å². The summed E-state index contributed by atoms with van der Waals surface area (Å²) in [5.41, 5.74) is 2.61. The number of rotatable bonds is 6. The Morgan fingerprint density at radius 2 is 1.61 bits per heavy atom. The Balaban J connectivity index is 1.50. The third-order valence-electron chi connectivity index (χ3n) is 4.64. The quantitative estimate of drug-likeness (QED) is 0.335. The number of benzene rings is 3. The van der Waals surface area contributed by atoms with Crippen molar-refractivity contribution in [1.82, 2.24) is 4.90 Å². The second-order valence-electron chi connectivity index (χ2n) is 6.85. The van der Waals surface area contributed by atoms with Crippen LogP contribution >= 0.6 is 39.3 Å². The molecule has 1 heterocycles. The number of para-hydroxylation sites is 1. The summed E-state index contributed by atoms with van der Waals surface area (Å²) in [4.78, 5) is 26.9. The van der Waals surface area contributed by atoms with E-state index in [1.807, 2.05) is 48.5 Å². The Kier molecular flexibility index (Phi) is 6.80. The van der Waals surface area contributed by atoms with Gasteiger partial charge in [-0.05, 0) is 59.3 Å². The summed E-state index contributed by atoms with van der Waals surface area (Å²) in [6.07, 6.45) is 1.71. The Hall–Kier alpha value is -2.54. The van der Waals surface area contributed by atoms with Crippen molar-refractivity contribution in [3.8, 4) is 5.75 Å². The number of carbonyl (C=O) groups excluding carboxylic acids is 2. The predicted octanol–water partition coefficient (Wildman–Crippen LogP) is 6.92. The molecule has 0 aliphatic carbocycles. The van der Waals surface area contributed by atoms with Crippen molar-refractivity contribution in [3.05, 3.63) is 104 Å². The standard InChI is InChI=1S/C24H17BrClNO3S/c25-19-9-5-17(6-10-19)15-30-21-4-2-1-3-18(21)13-22-23(28)27(24(29)31-22)14-16-7-11-20(26)12-8-16/h1-13H,14-15H2/b22-13-. The van der Waals surface area contributed by atoms with Gasteiger partial charge in [-0.2, -0.15) is 0 Å². The first-order chi connectivity index (χ1) is 15.0. The number of halogens is 2. The van der Waals surface area contributed by atoms with Gasteiger partial charge in [-0.15, -0.1) is 0 Å². The number of hydrogen-bond acceptors (Lipinski definition) is 4. The fourth-order valence-electron chi connectivity index (χ4n) is 3.02. The highest BCUT2D eigenvalue weighted by atomic mass is 79.9. The minimum atomic E-state index is -0.312. The van der Waals surface area contributed by atoms with Gasteiger partial charge in [0.05, 0.1) is 11.4 Å². The summed E-state index contributed by atoms with van der Waals surface area (Å²) >= 11 is 10.3. The molecule has 0 spiro atoms. The molecule has 31 heavy (non-hydrogen) atoms. The molecule has 3 aromatic carbocycles. The minimum Gasteiger partial charge on any atom is -0.488 e. The second kappa shape index (κ2) is 9.73. The van der Waals surface area contributed by atoms with Gasteiger partial charge in [0.15, 0.2) is 0 Å². The third kappa shape index (κ3) is 5.39. The highest BCUT2D eigenvalue weighted by Gasteiger charge is 2.35. The van der Waals surface area contributed by atoms with E-state index in [1.54, 1.807) is 30.3 Å². The van der Waals surface area contributed by atoms with Crippen LogP contribution in [0.3, 0.4) is 0 Å². The number of thioether (sulfide) groups is 1. The van der Waals surface area contributed by atoms with Crippen molar-refractivity contribution in [2.75, 3.05) is 0 Å². The molecule has 3 aromatic rings. The van der Waals surface area contributed by atoms with Crippen molar-refractivity contribution in [3.63, 3.8) is 0 Å². The second-order valence-corrected chi connectivity index (χ2v) is 9.19. The lowest BCUT2D eigenvalue weighted by Gasteiger charge is -2.12. The molecule has 4 rings (SSSR count). The molecule has 0 atom stereocenters. The van der Waals surface area contributed by atoms with Crippen LogP contribution in [0.25, 0.3) is 6.08 Å². The fourth-order valence-corrected chi connectivity index (χ4v) is 4.24. The molecular weight excluding hydrogens is 498 g/mol. The lowest BCUT2D eigenvalue weighted by atomic mass is 10.1. The monoisotopic (exact) mass is 513 g/mol. The van der Waals surface area contributed by atoms with Crippen molar-refractivity contribution in [1.29, 1.82) is 0 Å². The maximum absolute atomic E-state index is 12.9. The average molecular weight is 515 g/mol. The van der Waals surface area contributed by atoms with Crippen molar-refractivity contribution in [2.24, 2.45) is 0 Å². The molecule has 1 fully saturated rings. The number of nitrogens with zero attached hydrogens (tertiary/aromatic N) is 1. The van der Waals surface area contributed by atoms with Gasteiger partial charge in [0.2, 0.25) is 0 Å². The van der Waals surface area contributed by atoms with E-state index < -0.39 is 0 Å². The number of imide groups is 1. The Morgan fingerprint density at radius 3 is 2.35 bits per heavy atom. The van der Waals surface area contributed by atoms with Crippen LogP contribution in [0.5, 0.6) is 5.75 Å². The van der Waals surface area contributed by atoms with Crippen molar-refractivity contribution >= 4 is 56.5 Å². The summed E-state index contributed by atoms with van der Waals surface area (Å²) in [6.45, 7) is 0.608. The van der Waals surface area contributed by atoms with E-state index in [2.05, 4.69) is 15.9 Å². The van der Waals surface area contributed by atoms with Crippen LogP contribution in [0.4, 0.5) is 4.79 Å². The van der Waals surface area contributed by atoms with Gasteiger partial charge in [-0.1, -0.05) is 70.0 Å². The SMILES string of the molecule is O=C1S/C(=C\c2ccccc2OCc2ccc(Br)cc2)C(=O)N1Cc1ccc(Cl)cc1. The molecule has 0 unspecified atom stereocenters. The molecule has 0 bridgehead atoms. The predicted molar refractivity (Wildman–Crippen MR) is 128 cm³/mol.